The van der Waals surface area contributed by atoms with Crippen LogP contribution in [-0.4, -0.2) is 31.7 Å². The van der Waals surface area contributed by atoms with Crippen molar-refractivity contribution in [1.82, 2.24) is 5.32 Å². The van der Waals surface area contributed by atoms with Crippen molar-refractivity contribution >= 4 is 28.8 Å². The third-order valence-corrected chi connectivity index (χ3v) is 3.94. The lowest BCUT2D eigenvalue weighted by Gasteiger charge is -2.12. The molecule has 0 spiro atoms. The van der Waals surface area contributed by atoms with Crippen molar-refractivity contribution in [2.45, 2.75) is 13.3 Å². The molecule has 0 aliphatic heterocycles. The highest BCUT2D eigenvalue weighted by Crippen LogP contribution is 2.27. The zero-order chi connectivity index (χ0) is 18.2. The Hall–Kier alpha value is -2.60. The van der Waals surface area contributed by atoms with E-state index < -0.39 is 0 Å². The third-order valence-electron chi connectivity index (χ3n) is 3.70. The van der Waals surface area contributed by atoms with E-state index in [1.807, 2.05) is 30.3 Å². The molecule has 132 valence electrons. The quantitative estimate of drug-likeness (QED) is 0.584. The number of methoxy groups -OCH3 is 2. The molecule has 2 N–H and O–H groups in total. The van der Waals surface area contributed by atoms with Gasteiger partial charge >= 0.3 is 0 Å². The van der Waals surface area contributed by atoms with Crippen LogP contribution in [0.2, 0.25) is 0 Å². The molecule has 2 aromatic carbocycles. The summed E-state index contributed by atoms with van der Waals surface area (Å²) < 4.78 is 10.5. The largest absolute Gasteiger partial charge is 0.493 e. The van der Waals surface area contributed by atoms with Crippen molar-refractivity contribution in [3.63, 3.8) is 0 Å². The SMILES string of the molecule is COc1ccc(CCNC(=S)Nc2ccc(C(C)=O)cc2)cc1OC. The smallest absolute Gasteiger partial charge is 0.170 e. The first-order valence-corrected chi connectivity index (χ1v) is 8.31. The molecule has 0 radical (unpaired) electrons. The van der Waals surface area contributed by atoms with Gasteiger partial charge in [-0.15, -0.1) is 0 Å². The Balaban J connectivity index is 1.83. The van der Waals surface area contributed by atoms with Crippen molar-refractivity contribution in [3.8, 4) is 11.5 Å². The molecular formula is C19H22N2O3S. The maximum Gasteiger partial charge on any atom is 0.170 e. The minimum Gasteiger partial charge on any atom is -0.493 e. The van der Waals surface area contributed by atoms with E-state index in [0.29, 0.717) is 28.7 Å². The number of carbonyl (C=O) groups is 1. The standard InChI is InChI=1S/C19H22N2O3S/c1-13(22)15-5-7-16(8-6-15)21-19(25)20-11-10-14-4-9-17(23-2)18(12-14)24-3/h4-9,12H,10-11H2,1-3H3,(H2,20,21,25). The van der Waals surface area contributed by atoms with Gasteiger partial charge < -0.3 is 20.1 Å². The van der Waals surface area contributed by atoms with Crippen LogP contribution in [0.5, 0.6) is 11.5 Å². The van der Waals surface area contributed by atoms with E-state index in [0.717, 1.165) is 17.7 Å². The van der Waals surface area contributed by atoms with Crippen LogP contribution >= 0.6 is 12.2 Å². The highest BCUT2D eigenvalue weighted by atomic mass is 32.1. The number of nitrogens with one attached hydrogen (secondary N) is 2. The zero-order valence-corrected chi connectivity index (χ0v) is 15.4. The number of carbonyl (C=O) groups excluding carboxylic acids is 1. The molecule has 0 unspecified atom stereocenters. The number of Topliss-reactive ketones (excluding diaryl/α,β-unsaturated/α-hetero) is 1. The van der Waals surface area contributed by atoms with Gasteiger partial charge in [0.1, 0.15) is 0 Å². The van der Waals surface area contributed by atoms with Gasteiger partial charge in [0.25, 0.3) is 0 Å². The van der Waals surface area contributed by atoms with E-state index in [9.17, 15) is 4.79 Å². The second kappa shape index (κ2) is 9.03. The molecule has 0 atom stereocenters. The first kappa shape index (κ1) is 18.7. The minimum absolute atomic E-state index is 0.0437. The van der Waals surface area contributed by atoms with Gasteiger partial charge in [-0.25, -0.2) is 0 Å². The number of hydrogen-bond donors (Lipinski definition) is 2. The Labute approximate surface area is 153 Å². The summed E-state index contributed by atoms with van der Waals surface area (Å²) in [6.07, 6.45) is 0.797. The van der Waals surface area contributed by atoms with E-state index in [4.69, 9.17) is 21.7 Å². The summed E-state index contributed by atoms with van der Waals surface area (Å²) in [5.74, 6) is 1.47. The molecule has 0 fully saturated rings. The second-order valence-electron chi connectivity index (χ2n) is 5.45. The van der Waals surface area contributed by atoms with Crippen LogP contribution < -0.4 is 20.1 Å². The zero-order valence-electron chi connectivity index (χ0n) is 14.6. The van der Waals surface area contributed by atoms with Crippen LogP contribution in [0.15, 0.2) is 42.5 Å². The lowest BCUT2D eigenvalue weighted by molar-refractivity contribution is 0.101. The van der Waals surface area contributed by atoms with Crippen molar-refractivity contribution in [2.24, 2.45) is 0 Å². The Bertz CT molecular complexity index is 745. The number of ether oxygens (including phenoxy) is 2. The fourth-order valence-corrected chi connectivity index (χ4v) is 2.54. The highest BCUT2D eigenvalue weighted by Gasteiger charge is 2.05. The van der Waals surface area contributed by atoms with Gasteiger partial charge in [0.15, 0.2) is 22.4 Å². The van der Waals surface area contributed by atoms with E-state index in [2.05, 4.69) is 10.6 Å². The van der Waals surface area contributed by atoms with E-state index in [1.54, 1.807) is 33.3 Å². The Morgan fingerprint density at radius 3 is 2.32 bits per heavy atom. The average molecular weight is 358 g/mol. The molecule has 0 aromatic heterocycles. The molecular weight excluding hydrogens is 336 g/mol. The summed E-state index contributed by atoms with van der Waals surface area (Å²) in [6, 6.07) is 13.1. The third kappa shape index (κ3) is 5.46. The molecule has 0 heterocycles. The van der Waals surface area contributed by atoms with Crippen molar-refractivity contribution in [3.05, 3.63) is 53.6 Å². The second-order valence-corrected chi connectivity index (χ2v) is 5.86. The van der Waals surface area contributed by atoms with Crippen LogP contribution in [0.3, 0.4) is 0 Å². The van der Waals surface area contributed by atoms with Crippen LogP contribution in [0, 0.1) is 0 Å². The Morgan fingerprint density at radius 2 is 1.72 bits per heavy atom. The summed E-state index contributed by atoms with van der Waals surface area (Å²) in [5.41, 5.74) is 2.64. The normalized spacial score (nSPS) is 10.0. The molecule has 0 amide bonds. The van der Waals surface area contributed by atoms with Gasteiger partial charge in [0.05, 0.1) is 14.2 Å². The highest BCUT2D eigenvalue weighted by molar-refractivity contribution is 7.80. The maximum atomic E-state index is 11.3. The molecule has 0 aliphatic rings. The van der Waals surface area contributed by atoms with Gasteiger partial charge in [0.2, 0.25) is 0 Å². The van der Waals surface area contributed by atoms with Crippen LogP contribution in [0.1, 0.15) is 22.8 Å². The van der Waals surface area contributed by atoms with E-state index in [-0.39, 0.29) is 5.78 Å². The first-order valence-electron chi connectivity index (χ1n) is 7.90. The molecule has 2 aromatic rings. The number of thiocarbonyl (C=S) groups is 1. The maximum absolute atomic E-state index is 11.3. The average Bonchev–Trinajstić information content (AvgIpc) is 2.62. The Kier molecular flexibility index (Phi) is 6.77. The summed E-state index contributed by atoms with van der Waals surface area (Å²) in [4.78, 5) is 11.3. The van der Waals surface area contributed by atoms with Crippen molar-refractivity contribution < 1.29 is 14.3 Å². The van der Waals surface area contributed by atoms with E-state index in [1.165, 1.54) is 0 Å². The lowest BCUT2D eigenvalue weighted by Crippen LogP contribution is -2.30. The number of ketones is 1. The fourth-order valence-electron chi connectivity index (χ4n) is 2.32. The molecule has 0 saturated carbocycles. The first-order chi connectivity index (χ1) is 12.0. The predicted molar refractivity (Wildman–Crippen MR) is 104 cm³/mol. The van der Waals surface area contributed by atoms with E-state index >= 15 is 0 Å². The molecule has 0 saturated heterocycles. The minimum atomic E-state index is 0.0437. The lowest BCUT2D eigenvalue weighted by atomic mass is 10.1. The molecule has 25 heavy (non-hydrogen) atoms. The van der Waals surface area contributed by atoms with Gasteiger partial charge in [-0.1, -0.05) is 6.07 Å². The number of benzene rings is 2. The molecule has 0 bridgehead atoms. The topological polar surface area (TPSA) is 59.6 Å². The monoisotopic (exact) mass is 358 g/mol. The molecule has 5 nitrogen and oxygen atoms in total. The summed E-state index contributed by atoms with van der Waals surface area (Å²) in [5, 5.41) is 6.80. The summed E-state index contributed by atoms with van der Waals surface area (Å²) >= 11 is 5.29. The Morgan fingerprint density at radius 1 is 1.04 bits per heavy atom. The van der Waals surface area contributed by atoms with Crippen molar-refractivity contribution in [2.75, 3.05) is 26.1 Å². The van der Waals surface area contributed by atoms with Gasteiger partial charge in [0, 0.05) is 17.8 Å². The van der Waals surface area contributed by atoms with Crippen molar-refractivity contribution in [1.29, 1.82) is 0 Å². The van der Waals surface area contributed by atoms with Crippen LogP contribution in [-0.2, 0) is 6.42 Å². The van der Waals surface area contributed by atoms with Gasteiger partial charge in [-0.2, -0.15) is 0 Å². The molecule has 0 aliphatic carbocycles. The van der Waals surface area contributed by atoms with Gasteiger partial charge in [-0.3, -0.25) is 4.79 Å². The number of hydrogen-bond acceptors (Lipinski definition) is 4. The molecule has 2 rings (SSSR count). The summed E-state index contributed by atoms with van der Waals surface area (Å²) in [7, 11) is 3.24. The van der Waals surface area contributed by atoms with Crippen LogP contribution in [0.25, 0.3) is 0 Å². The van der Waals surface area contributed by atoms with Gasteiger partial charge in [-0.05, 0) is 67.5 Å². The number of anilines is 1. The fraction of sp³-hybridized carbons (Fsp3) is 0.263. The molecule has 6 heteroatoms. The number of rotatable bonds is 7. The summed E-state index contributed by atoms with van der Waals surface area (Å²) in [6.45, 7) is 2.23. The predicted octanol–water partition coefficient (Wildman–Crippen LogP) is 3.44. The van der Waals surface area contributed by atoms with Crippen LogP contribution in [0.4, 0.5) is 5.69 Å².